The second-order valence-electron chi connectivity index (χ2n) is 10.7. The van der Waals surface area contributed by atoms with E-state index in [4.69, 9.17) is 27.1 Å². The van der Waals surface area contributed by atoms with Gasteiger partial charge in [-0.05, 0) is 50.9 Å². The van der Waals surface area contributed by atoms with Crippen LogP contribution in [0.4, 0.5) is 20.8 Å². The Morgan fingerprint density at radius 2 is 1.98 bits per heavy atom. The number of nitrogens with zero attached hydrogens (tertiary/aromatic N) is 6. The molecular formula is C29H31ClFN7O3. The molecule has 4 aromatic rings. The molecule has 6 rings (SSSR count). The van der Waals surface area contributed by atoms with E-state index in [1.807, 2.05) is 43.1 Å². The summed E-state index contributed by atoms with van der Waals surface area (Å²) in [6.07, 6.45) is 1.10. The SMILES string of the molecule is C[C@H]1CN(C(=O)O)CCN1c1nc(OCC2CCCN2C)nc2c(F)c(-c3nc(N)cc4ccccc34)c(Cl)cc12. The summed E-state index contributed by atoms with van der Waals surface area (Å²) in [4.78, 5) is 30.9. The Balaban J connectivity index is 1.51. The van der Waals surface area contributed by atoms with Crippen molar-refractivity contribution in [1.82, 2.24) is 24.8 Å². The van der Waals surface area contributed by atoms with Crippen LogP contribution in [0.15, 0.2) is 36.4 Å². The molecule has 3 N–H and O–H groups in total. The minimum absolute atomic E-state index is 0.0466. The van der Waals surface area contributed by atoms with Crippen LogP contribution >= 0.6 is 11.6 Å². The second kappa shape index (κ2) is 10.8. The van der Waals surface area contributed by atoms with Crippen LogP contribution in [0.5, 0.6) is 6.01 Å². The van der Waals surface area contributed by atoms with Gasteiger partial charge in [-0.25, -0.2) is 14.2 Å². The maximum atomic E-state index is 16.6. The Hall–Kier alpha value is -3.96. The Labute approximate surface area is 241 Å². The van der Waals surface area contributed by atoms with Crippen molar-refractivity contribution in [2.75, 3.05) is 50.5 Å². The molecule has 0 radical (unpaired) electrons. The van der Waals surface area contributed by atoms with Crippen LogP contribution in [0.25, 0.3) is 32.9 Å². The van der Waals surface area contributed by atoms with Crippen molar-refractivity contribution in [3.8, 4) is 17.3 Å². The number of fused-ring (bicyclic) bond motifs is 2. The van der Waals surface area contributed by atoms with Crippen molar-refractivity contribution in [2.24, 2.45) is 0 Å². The van der Waals surface area contributed by atoms with E-state index >= 15 is 4.39 Å². The summed E-state index contributed by atoms with van der Waals surface area (Å²) in [5.74, 6) is 0.0339. The minimum atomic E-state index is -0.977. The molecule has 214 valence electrons. The second-order valence-corrected chi connectivity index (χ2v) is 11.2. The third kappa shape index (κ3) is 5.04. The van der Waals surface area contributed by atoms with Crippen LogP contribution in [0.2, 0.25) is 5.02 Å². The summed E-state index contributed by atoms with van der Waals surface area (Å²) >= 11 is 6.79. The lowest BCUT2D eigenvalue weighted by atomic mass is 10.0. The zero-order valence-corrected chi connectivity index (χ0v) is 23.6. The van der Waals surface area contributed by atoms with Crippen LogP contribution in [-0.4, -0.2) is 87.9 Å². The summed E-state index contributed by atoms with van der Waals surface area (Å²) in [7, 11) is 2.05. The molecule has 2 aliphatic rings. The number of halogens is 2. The van der Waals surface area contributed by atoms with Crippen molar-refractivity contribution < 1.29 is 19.0 Å². The molecule has 41 heavy (non-hydrogen) atoms. The number of ether oxygens (including phenoxy) is 1. The van der Waals surface area contributed by atoms with E-state index in [9.17, 15) is 9.90 Å². The van der Waals surface area contributed by atoms with Crippen LogP contribution in [-0.2, 0) is 0 Å². The molecule has 2 aromatic carbocycles. The fourth-order valence-corrected chi connectivity index (χ4v) is 6.16. The lowest BCUT2D eigenvalue weighted by Crippen LogP contribution is -2.53. The number of likely N-dealkylation sites (tertiary alicyclic amines) is 1. The first-order valence-corrected chi connectivity index (χ1v) is 14.0. The predicted octanol–water partition coefficient (Wildman–Crippen LogP) is 4.88. The number of rotatable bonds is 5. The van der Waals surface area contributed by atoms with E-state index in [-0.39, 0.29) is 53.1 Å². The number of carboxylic acid groups (broad SMARTS) is 1. The quantitative estimate of drug-likeness (QED) is 0.341. The first kappa shape index (κ1) is 27.2. The van der Waals surface area contributed by atoms with Crippen molar-refractivity contribution in [2.45, 2.75) is 31.8 Å². The molecule has 0 aliphatic carbocycles. The van der Waals surface area contributed by atoms with Crippen molar-refractivity contribution >= 4 is 51.0 Å². The highest BCUT2D eigenvalue weighted by atomic mass is 35.5. The van der Waals surface area contributed by atoms with E-state index in [0.29, 0.717) is 35.4 Å². The molecule has 1 unspecified atom stereocenters. The van der Waals surface area contributed by atoms with E-state index < -0.39 is 11.9 Å². The first-order chi connectivity index (χ1) is 19.7. The molecule has 1 amide bonds. The van der Waals surface area contributed by atoms with Gasteiger partial charge in [0.2, 0.25) is 0 Å². The van der Waals surface area contributed by atoms with Crippen LogP contribution in [0.1, 0.15) is 19.8 Å². The monoisotopic (exact) mass is 579 g/mol. The molecule has 2 fully saturated rings. The normalized spacial score (nSPS) is 19.8. The largest absolute Gasteiger partial charge is 0.465 e. The Morgan fingerprint density at radius 3 is 2.71 bits per heavy atom. The molecule has 2 aromatic heterocycles. The molecule has 0 bridgehead atoms. The lowest BCUT2D eigenvalue weighted by molar-refractivity contribution is 0.136. The zero-order valence-electron chi connectivity index (χ0n) is 22.8. The summed E-state index contributed by atoms with van der Waals surface area (Å²) < 4.78 is 22.7. The van der Waals surface area contributed by atoms with Gasteiger partial charge in [0.1, 0.15) is 23.8 Å². The number of pyridine rings is 1. The highest BCUT2D eigenvalue weighted by Gasteiger charge is 2.31. The van der Waals surface area contributed by atoms with Gasteiger partial charge >= 0.3 is 12.1 Å². The van der Waals surface area contributed by atoms with Crippen molar-refractivity contribution in [1.29, 1.82) is 0 Å². The van der Waals surface area contributed by atoms with Crippen LogP contribution in [0.3, 0.4) is 0 Å². The topological polar surface area (TPSA) is 121 Å². The van der Waals surface area contributed by atoms with E-state index in [2.05, 4.69) is 14.9 Å². The van der Waals surface area contributed by atoms with Gasteiger partial charge in [0.25, 0.3) is 0 Å². The average molecular weight is 580 g/mol. The van der Waals surface area contributed by atoms with Gasteiger partial charge in [0.15, 0.2) is 5.82 Å². The number of aromatic nitrogens is 3. The predicted molar refractivity (Wildman–Crippen MR) is 157 cm³/mol. The first-order valence-electron chi connectivity index (χ1n) is 13.6. The van der Waals surface area contributed by atoms with Gasteiger partial charge in [0, 0.05) is 42.5 Å². The standard InChI is InChI=1S/C29H31ClFN7O3/c1-16-14-37(29(39)40)10-11-38(16)27-20-13-21(30)23(25-19-8-4-3-6-17(19)12-22(32)33-25)24(31)26(20)34-28(35-27)41-15-18-7-5-9-36(18)2/h3-4,6,8,12-13,16,18H,5,7,9-11,14-15H2,1-2H3,(H2,32,33)(H,39,40)/t16-,18?/m0/s1. The van der Waals surface area contributed by atoms with Gasteiger partial charge < -0.3 is 30.3 Å². The lowest BCUT2D eigenvalue weighted by Gasteiger charge is -2.39. The minimum Gasteiger partial charge on any atom is -0.465 e. The van der Waals surface area contributed by atoms with Crippen LogP contribution in [0, 0.1) is 5.82 Å². The maximum Gasteiger partial charge on any atom is 0.407 e. The maximum absolute atomic E-state index is 16.6. The molecule has 0 saturated carbocycles. The number of hydrogen-bond donors (Lipinski definition) is 2. The van der Waals surface area contributed by atoms with E-state index in [1.165, 1.54) is 4.90 Å². The van der Waals surface area contributed by atoms with Crippen LogP contribution < -0.4 is 15.4 Å². The highest BCUT2D eigenvalue weighted by Crippen LogP contribution is 2.41. The summed E-state index contributed by atoms with van der Waals surface area (Å²) in [6.45, 7) is 4.19. The number of amides is 1. The number of likely N-dealkylation sites (N-methyl/N-ethyl adjacent to an activating group) is 1. The molecule has 2 aliphatic heterocycles. The number of nitrogen functional groups attached to an aromatic ring is 1. The van der Waals surface area contributed by atoms with E-state index in [1.54, 1.807) is 12.1 Å². The fourth-order valence-electron chi connectivity index (χ4n) is 5.88. The van der Waals surface area contributed by atoms with Gasteiger partial charge in [-0.3, -0.25) is 0 Å². The molecule has 2 saturated heterocycles. The third-order valence-electron chi connectivity index (χ3n) is 8.09. The van der Waals surface area contributed by atoms with Gasteiger partial charge in [-0.2, -0.15) is 9.97 Å². The average Bonchev–Trinajstić information content (AvgIpc) is 3.36. The number of nitrogens with two attached hydrogens (primary N) is 1. The molecule has 12 heteroatoms. The fraction of sp³-hybridized carbons (Fsp3) is 0.379. The number of benzene rings is 2. The third-order valence-corrected chi connectivity index (χ3v) is 8.38. The molecule has 2 atom stereocenters. The van der Waals surface area contributed by atoms with Crippen molar-refractivity contribution in [3.05, 3.63) is 47.2 Å². The summed E-state index contributed by atoms with van der Waals surface area (Å²) in [5.41, 5.74) is 6.56. The Morgan fingerprint density at radius 1 is 1.17 bits per heavy atom. The Kier molecular flexibility index (Phi) is 7.16. The molecule has 4 heterocycles. The molecule has 10 nitrogen and oxygen atoms in total. The van der Waals surface area contributed by atoms with Gasteiger partial charge in [-0.15, -0.1) is 0 Å². The van der Waals surface area contributed by atoms with Gasteiger partial charge in [0.05, 0.1) is 16.3 Å². The number of hydrogen-bond acceptors (Lipinski definition) is 8. The van der Waals surface area contributed by atoms with Crippen molar-refractivity contribution in [3.63, 3.8) is 0 Å². The molecular weight excluding hydrogens is 549 g/mol. The highest BCUT2D eigenvalue weighted by molar-refractivity contribution is 6.34. The summed E-state index contributed by atoms with van der Waals surface area (Å²) in [6, 6.07) is 10.9. The zero-order chi connectivity index (χ0) is 28.8. The number of anilines is 2. The van der Waals surface area contributed by atoms with E-state index in [0.717, 1.165) is 24.8 Å². The smallest absolute Gasteiger partial charge is 0.407 e. The molecule has 0 spiro atoms. The Bertz CT molecular complexity index is 1650. The number of carbonyl (C=O) groups is 1. The number of piperazine rings is 1. The van der Waals surface area contributed by atoms with Gasteiger partial charge in [-0.1, -0.05) is 35.9 Å². The summed E-state index contributed by atoms with van der Waals surface area (Å²) in [5, 5.41) is 11.6.